The van der Waals surface area contributed by atoms with Crippen LogP contribution in [0.1, 0.15) is 25.3 Å². The van der Waals surface area contributed by atoms with Crippen molar-refractivity contribution in [2.45, 2.75) is 19.8 Å². The van der Waals surface area contributed by atoms with E-state index in [9.17, 15) is 19.7 Å². The Hall–Kier alpha value is -3.24. The zero-order chi connectivity index (χ0) is 21.6. The van der Waals surface area contributed by atoms with E-state index in [-0.39, 0.29) is 48.7 Å². The van der Waals surface area contributed by atoms with Gasteiger partial charge in [-0.1, -0.05) is 18.2 Å². The molecule has 10 heteroatoms. The van der Waals surface area contributed by atoms with Gasteiger partial charge in [0.05, 0.1) is 22.0 Å². The van der Waals surface area contributed by atoms with Crippen molar-refractivity contribution in [2.24, 2.45) is 11.5 Å². The van der Waals surface area contributed by atoms with Gasteiger partial charge in [-0.15, -0.1) is 0 Å². The Morgan fingerprint density at radius 1 is 1.03 bits per heavy atom. The number of para-hydroxylation sites is 1. The number of hydrogen-bond acceptors (Lipinski definition) is 9. The second-order valence-electron chi connectivity index (χ2n) is 6.30. The molecule has 2 rings (SSSR count). The lowest BCUT2D eigenvalue weighted by molar-refractivity contribution is -0.385. The summed E-state index contributed by atoms with van der Waals surface area (Å²) in [6.45, 7) is 3.42. The van der Waals surface area contributed by atoms with Crippen molar-refractivity contribution < 1.29 is 24.0 Å². The summed E-state index contributed by atoms with van der Waals surface area (Å²) < 4.78 is 10.3. The van der Waals surface area contributed by atoms with Gasteiger partial charge in [0.2, 0.25) is 0 Å². The lowest BCUT2D eigenvalue weighted by atomic mass is 9.79. The molecule has 5 N–H and O–H groups in total. The highest BCUT2D eigenvalue weighted by Crippen LogP contribution is 2.42. The predicted octanol–water partition coefficient (Wildman–Crippen LogP) is 0.833. The first-order valence-electron chi connectivity index (χ1n) is 8.99. The molecule has 0 saturated heterocycles. The first-order valence-corrected chi connectivity index (χ1v) is 8.99. The standard InChI is InChI=1S/C19H24N4O6/c1-11-15(18(24)28-9-7-20)17(13-5-3-4-6-14(13)23(26)27)16(12(2)22-11)19(25)29-10-8-21/h3-6,17,22H,7-10,20-21H2,1-2H3. The molecule has 0 amide bonds. The van der Waals surface area contributed by atoms with Crippen LogP contribution in [0.2, 0.25) is 0 Å². The fourth-order valence-electron chi connectivity index (χ4n) is 3.20. The molecule has 0 radical (unpaired) electrons. The van der Waals surface area contributed by atoms with Gasteiger partial charge in [0, 0.05) is 36.1 Å². The number of nitrogens with two attached hydrogens (primary N) is 2. The number of nitrogens with zero attached hydrogens (tertiary/aromatic N) is 1. The van der Waals surface area contributed by atoms with E-state index in [0.29, 0.717) is 11.4 Å². The van der Waals surface area contributed by atoms with Crippen molar-refractivity contribution in [3.8, 4) is 0 Å². The number of nitrogens with one attached hydrogen (secondary N) is 1. The molecule has 0 saturated carbocycles. The molecule has 156 valence electrons. The van der Waals surface area contributed by atoms with Crippen molar-refractivity contribution in [3.05, 3.63) is 62.5 Å². The number of allylic oxidation sites excluding steroid dienone is 2. The van der Waals surface area contributed by atoms with Crippen molar-refractivity contribution in [1.29, 1.82) is 0 Å². The minimum atomic E-state index is -1.05. The van der Waals surface area contributed by atoms with Gasteiger partial charge in [0.25, 0.3) is 5.69 Å². The third-order valence-electron chi connectivity index (χ3n) is 4.35. The van der Waals surface area contributed by atoms with E-state index in [2.05, 4.69) is 5.32 Å². The molecule has 1 heterocycles. The predicted molar refractivity (Wildman–Crippen MR) is 104 cm³/mol. The molecule has 1 aliphatic rings. The van der Waals surface area contributed by atoms with Crippen LogP contribution in [0.5, 0.6) is 0 Å². The summed E-state index contributed by atoms with van der Waals surface area (Å²) >= 11 is 0. The van der Waals surface area contributed by atoms with Crippen LogP contribution >= 0.6 is 0 Å². The lowest BCUT2D eigenvalue weighted by Gasteiger charge is -2.30. The Bertz CT molecular complexity index is 835. The number of carbonyl (C=O) groups is 2. The molecule has 1 aliphatic heterocycles. The van der Waals surface area contributed by atoms with E-state index in [1.165, 1.54) is 18.2 Å². The highest BCUT2D eigenvalue weighted by molar-refractivity contribution is 6.00. The van der Waals surface area contributed by atoms with Crippen LogP contribution in [0.15, 0.2) is 46.8 Å². The zero-order valence-corrected chi connectivity index (χ0v) is 16.3. The number of dihydropyridines is 1. The Labute approximate surface area is 167 Å². The maximum atomic E-state index is 12.8. The highest BCUT2D eigenvalue weighted by Gasteiger charge is 2.40. The van der Waals surface area contributed by atoms with Crippen LogP contribution < -0.4 is 16.8 Å². The minimum absolute atomic E-state index is 0.0329. The maximum absolute atomic E-state index is 12.8. The van der Waals surface area contributed by atoms with Gasteiger partial charge in [-0.2, -0.15) is 0 Å². The Kier molecular flexibility index (Phi) is 7.46. The SMILES string of the molecule is CC1=C(C(=O)OCCN)C(c2ccccc2[N+](=O)[O-])C(C(=O)OCCN)=C(C)N1. The third kappa shape index (κ3) is 4.79. The van der Waals surface area contributed by atoms with Crippen LogP contribution in [0.4, 0.5) is 5.69 Å². The number of nitro groups is 1. The molecular weight excluding hydrogens is 380 g/mol. The average Bonchev–Trinajstić information content (AvgIpc) is 2.69. The summed E-state index contributed by atoms with van der Waals surface area (Å²) in [5, 5.41) is 14.6. The Balaban J connectivity index is 2.68. The molecule has 0 aliphatic carbocycles. The highest BCUT2D eigenvalue weighted by atomic mass is 16.6. The van der Waals surface area contributed by atoms with Crippen LogP contribution in [-0.2, 0) is 19.1 Å². The van der Waals surface area contributed by atoms with Crippen molar-refractivity contribution in [1.82, 2.24) is 5.32 Å². The molecule has 0 aromatic heterocycles. The number of benzene rings is 1. The lowest BCUT2D eigenvalue weighted by Crippen LogP contribution is -2.33. The van der Waals surface area contributed by atoms with E-state index in [1.807, 2.05) is 0 Å². The quantitative estimate of drug-likeness (QED) is 0.324. The van der Waals surface area contributed by atoms with Crippen molar-refractivity contribution in [3.63, 3.8) is 0 Å². The van der Waals surface area contributed by atoms with E-state index >= 15 is 0 Å². The molecule has 0 atom stereocenters. The molecule has 0 fully saturated rings. The second kappa shape index (κ2) is 9.80. The summed E-state index contributed by atoms with van der Waals surface area (Å²) in [6, 6.07) is 5.92. The second-order valence-corrected chi connectivity index (χ2v) is 6.30. The third-order valence-corrected chi connectivity index (χ3v) is 4.35. The Morgan fingerprint density at radius 2 is 1.52 bits per heavy atom. The molecule has 0 bridgehead atoms. The molecule has 29 heavy (non-hydrogen) atoms. The van der Waals surface area contributed by atoms with Crippen molar-refractivity contribution >= 4 is 17.6 Å². The van der Waals surface area contributed by atoms with Crippen LogP contribution in [0.3, 0.4) is 0 Å². The molecule has 1 aromatic carbocycles. The summed E-state index contributed by atoms with van der Waals surface area (Å²) in [5.74, 6) is -2.49. The first kappa shape index (κ1) is 22.1. The summed E-state index contributed by atoms with van der Waals surface area (Å²) in [5.41, 5.74) is 11.8. The fourth-order valence-corrected chi connectivity index (χ4v) is 3.20. The number of nitro benzene ring substituents is 1. The number of rotatable bonds is 8. The van der Waals surface area contributed by atoms with E-state index in [0.717, 1.165) is 0 Å². The zero-order valence-electron chi connectivity index (χ0n) is 16.3. The summed E-state index contributed by atoms with van der Waals surface area (Å²) in [6.07, 6.45) is 0. The minimum Gasteiger partial charge on any atom is -0.461 e. The molecule has 0 spiro atoms. The fraction of sp³-hybridized carbons (Fsp3) is 0.368. The largest absolute Gasteiger partial charge is 0.461 e. The van der Waals surface area contributed by atoms with Crippen LogP contribution in [0.25, 0.3) is 0 Å². The van der Waals surface area contributed by atoms with Gasteiger partial charge in [0.15, 0.2) is 0 Å². The summed E-state index contributed by atoms with van der Waals surface area (Å²) in [4.78, 5) is 36.6. The number of hydrogen-bond donors (Lipinski definition) is 3. The topological polar surface area (TPSA) is 160 Å². The van der Waals surface area contributed by atoms with Crippen LogP contribution in [0, 0.1) is 10.1 Å². The molecular formula is C19H24N4O6. The van der Waals surface area contributed by atoms with Gasteiger partial charge in [-0.05, 0) is 13.8 Å². The average molecular weight is 404 g/mol. The van der Waals surface area contributed by atoms with Crippen LogP contribution in [-0.4, -0.2) is 43.2 Å². The van der Waals surface area contributed by atoms with Gasteiger partial charge >= 0.3 is 11.9 Å². The molecule has 10 nitrogen and oxygen atoms in total. The van der Waals surface area contributed by atoms with E-state index in [1.54, 1.807) is 19.9 Å². The smallest absolute Gasteiger partial charge is 0.336 e. The molecule has 0 unspecified atom stereocenters. The van der Waals surface area contributed by atoms with Crippen molar-refractivity contribution in [2.75, 3.05) is 26.3 Å². The molecule has 1 aromatic rings. The summed E-state index contributed by atoms with van der Waals surface area (Å²) in [7, 11) is 0. The van der Waals surface area contributed by atoms with E-state index in [4.69, 9.17) is 20.9 Å². The maximum Gasteiger partial charge on any atom is 0.336 e. The normalized spacial score (nSPS) is 14.5. The Morgan fingerprint density at radius 3 is 1.97 bits per heavy atom. The first-order chi connectivity index (χ1) is 13.8. The van der Waals surface area contributed by atoms with Gasteiger partial charge in [-0.3, -0.25) is 10.1 Å². The van der Waals surface area contributed by atoms with Gasteiger partial charge < -0.3 is 26.3 Å². The monoisotopic (exact) mass is 404 g/mol. The van der Waals surface area contributed by atoms with E-state index < -0.39 is 22.8 Å². The number of esters is 2. The van der Waals surface area contributed by atoms with Gasteiger partial charge in [-0.25, -0.2) is 9.59 Å². The number of ether oxygens (including phenoxy) is 2. The van der Waals surface area contributed by atoms with Gasteiger partial charge in [0.1, 0.15) is 13.2 Å². The number of carbonyl (C=O) groups excluding carboxylic acids is 2.